The third kappa shape index (κ3) is 3.95. The summed E-state index contributed by atoms with van der Waals surface area (Å²) in [7, 11) is 0. The largest absolute Gasteiger partial charge is 0.429 e. The third-order valence-electron chi connectivity index (χ3n) is 3.78. The minimum Gasteiger partial charge on any atom is -0.429 e. The van der Waals surface area contributed by atoms with E-state index in [1.54, 1.807) is 6.07 Å². The first-order valence-corrected chi connectivity index (χ1v) is 8.63. The van der Waals surface area contributed by atoms with Crippen LogP contribution in [-0.4, -0.2) is 0 Å². The summed E-state index contributed by atoms with van der Waals surface area (Å²) < 4.78 is 86.3. The van der Waals surface area contributed by atoms with Crippen molar-refractivity contribution in [1.29, 1.82) is 0 Å². The fourth-order valence-electron chi connectivity index (χ4n) is 2.42. The van der Waals surface area contributed by atoms with Crippen molar-refractivity contribution < 1.29 is 31.1 Å². The molecular weight excluding hydrogens is 390 g/mol. The lowest BCUT2D eigenvalue weighted by Crippen LogP contribution is -2.23. The lowest BCUT2D eigenvalue weighted by Gasteiger charge is -2.19. The Hall–Kier alpha value is -2.48. The summed E-state index contributed by atoms with van der Waals surface area (Å²) in [6, 6.07) is 7.22. The highest BCUT2D eigenvalue weighted by molar-refractivity contribution is 7.15. The molecule has 1 nitrogen and oxygen atoms in total. The van der Waals surface area contributed by atoms with Crippen molar-refractivity contribution in [2.75, 3.05) is 0 Å². The zero-order chi connectivity index (χ0) is 19.8. The average molecular weight is 402 g/mol. The van der Waals surface area contributed by atoms with E-state index in [1.165, 1.54) is 17.4 Å². The van der Waals surface area contributed by atoms with E-state index in [0.29, 0.717) is 10.4 Å². The smallest absolute Gasteiger partial charge is 0.429 e. The lowest BCUT2D eigenvalue weighted by molar-refractivity contribution is -0.187. The van der Waals surface area contributed by atoms with Gasteiger partial charge in [0.2, 0.25) is 0 Å². The molecule has 0 saturated heterocycles. The van der Waals surface area contributed by atoms with E-state index < -0.39 is 40.7 Å². The van der Waals surface area contributed by atoms with E-state index in [9.17, 15) is 26.3 Å². The van der Waals surface area contributed by atoms with E-state index in [1.807, 2.05) is 13.0 Å². The molecule has 0 bridgehead atoms. The number of benzene rings is 2. The summed E-state index contributed by atoms with van der Waals surface area (Å²) in [4.78, 5) is 1.77. The Balaban J connectivity index is 1.90. The quantitative estimate of drug-likeness (QED) is 0.342. The van der Waals surface area contributed by atoms with Gasteiger partial charge in [-0.05, 0) is 36.2 Å². The number of ether oxygens (including phenoxy) is 1. The molecule has 0 fully saturated rings. The summed E-state index contributed by atoms with van der Waals surface area (Å²) in [5.74, 6) is -7.41. The molecule has 0 aliphatic carbocycles. The van der Waals surface area contributed by atoms with Crippen LogP contribution in [0.2, 0.25) is 0 Å². The van der Waals surface area contributed by atoms with Gasteiger partial charge < -0.3 is 4.74 Å². The molecule has 0 radical (unpaired) electrons. The molecule has 1 aromatic heterocycles. The predicted octanol–water partition coefficient (Wildman–Crippen LogP) is 6.66. The van der Waals surface area contributed by atoms with Gasteiger partial charge in [0, 0.05) is 21.9 Å². The van der Waals surface area contributed by atoms with Gasteiger partial charge in [0.05, 0.1) is 5.56 Å². The minimum atomic E-state index is -4.22. The molecule has 2 aromatic carbocycles. The Morgan fingerprint density at radius 1 is 0.889 bits per heavy atom. The van der Waals surface area contributed by atoms with Crippen LogP contribution in [0.4, 0.5) is 26.3 Å². The van der Waals surface area contributed by atoms with Gasteiger partial charge in [-0.1, -0.05) is 13.0 Å². The van der Waals surface area contributed by atoms with Crippen LogP contribution in [0.5, 0.6) is 5.75 Å². The van der Waals surface area contributed by atoms with Crippen molar-refractivity contribution in [1.82, 2.24) is 0 Å². The molecular formula is C19H12F6OS. The lowest BCUT2D eigenvalue weighted by atomic mass is 10.1. The number of hydrogen-bond acceptors (Lipinski definition) is 2. The van der Waals surface area contributed by atoms with Gasteiger partial charge in [-0.2, -0.15) is 8.78 Å². The summed E-state index contributed by atoms with van der Waals surface area (Å²) in [5, 5.41) is 0. The van der Waals surface area contributed by atoms with E-state index >= 15 is 0 Å². The van der Waals surface area contributed by atoms with Crippen LogP contribution >= 0.6 is 11.3 Å². The van der Waals surface area contributed by atoms with E-state index in [-0.39, 0.29) is 12.1 Å². The highest BCUT2D eigenvalue weighted by Crippen LogP contribution is 2.36. The predicted molar refractivity (Wildman–Crippen MR) is 89.9 cm³/mol. The maximum absolute atomic E-state index is 14.3. The summed E-state index contributed by atoms with van der Waals surface area (Å²) in [5.41, 5.74) is -0.695. The Bertz CT molecular complexity index is 959. The van der Waals surface area contributed by atoms with Crippen molar-refractivity contribution >= 4 is 11.3 Å². The third-order valence-corrected chi connectivity index (χ3v) is 5.06. The number of hydrogen-bond donors (Lipinski definition) is 0. The molecule has 3 aromatic rings. The fraction of sp³-hybridized carbons (Fsp3) is 0.158. The molecule has 0 unspecified atom stereocenters. The molecule has 0 N–H and O–H groups in total. The van der Waals surface area contributed by atoms with Crippen LogP contribution in [0.25, 0.3) is 10.4 Å². The second-order valence-corrected chi connectivity index (χ2v) is 6.80. The van der Waals surface area contributed by atoms with Crippen molar-refractivity contribution in [2.45, 2.75) is 19.5 Å². The number of halogens is 6. The molecule has 27 heavy (non-hydrogen) atoms. The normalized spacial score (nSPS) is 11.7. The zero-order valence-corrected chi connectivity index (χ0v) is 14.6. The van der Waals surface area contributed by atoms with Gasteiger partial charge in [0.15, 0.2) is 17.5 Å². The van der Waals surface area contributed by atoms with Crippen molar-refractivity contribution in [2.24, 2.45) is 0 Å². The van der Waals surface area contributed by atoms with Crippen LogP contribution < -0.4 is 4.74 Å². The number of rotatable bonds is 5. The molecule has 1 heterocycles. The highest BCUT2D eigenvalue weighted by atomic mass is 32.1. The van der Waals surface area contributed by atoms with Gasteiger partial charge in [-0.25, -0.2) is 17.6 Å². The summed E-state index contributed by atoms with van der Waals surface area (Å²) in [6.07, 6.45) is -3.43. The van der Waals surface area contributed by atoms with E-state index in [4.69, 9.17) is 0 Å². The van der Waals surface area contributed by atoms with Gasteiger partial charge in [-0.3, -0.25) is 0 Å². The standard InChI is InChI=1S/C19H12F6OS/c1-2-12-4-6-17(27-12)10-3-5-13(14(20)7-10)19(24,25)26-11-8-15(21)18(23)16(22)9-11/h3-9H,2H2,1H3. The SMILES string of the molecule is CCc1ccc(-c2ccc(C(F)(F)Oc3cc(F)c(F)c(F)c3)c(F)c2)s1. The monoisotopic (exact) mass is 402 g/mol. The Morgan fingerprint density at radius 2 is 1.56 bits per heavy atom. The average Bonchev–Trinajstić information content (AvgIpc) is 3.08. The highest BCUT2D eigenvalue weighted by Gasteiger charge is 2.38. The van der Waals surface area contributed by atoms with Crippen molar-refractivity contribution in [3.05, 3.63) is 76.2 Å². The van der Waals surface area contributed by atoms with Crippen LogP contribution in [-0.2, 0) is 12.5 Å². The van der Waals surface area contributed by atoms with Crippen LogP contribution in [0.15, 0.2) is 42.5 Å². The van der Waals surface area contributed by atoms with Crippen LogP contribution in [0.1, 0.15) is 17.4 Å². The van der Waals surface area contributed by atoms with Gasteiger partial charge in [0.1, 0.15) is 11.6 Å². The molecule has 0 saturated carbocycles. The molecule has 142 valence electrons. The molecule has 0 amide bonds. The number of thiophene rings is 1. The second kappa shape index (κ2) is 7.26. The first-order valence-electron chi connectivity index (χ1n) is 7.81. The van der Waals surface area contributed by atoms with Crippen molar-refractivity contribution in [3.8, 4) is 16.2 Å². The van der Waals surface area contributed by atoms with Gasteiger partial charge in [-0.15, -0.1) is 11.3 Å². The first kappa shape index (κ1) is 19.3. The maximum Gasteiger partial charge on any atom is 0.429 e. The van der Waals surface area contributed by atoms with Gasteiger partial charge >= 0.3 is 6.11 Å². The van der Waals surface area contributed by atoms with E-state index in [2.05, 4.69) is 4.74 Å². The van der Waals surface area contributed by atoms with Crippen molar-refractivity contribution in [3.63, 3.8) is 0 Å². The Labute approximate surface area is 154 Å². The topological polar surface area (TPSA) is 9.23 Å². The van der Waals surface area contributed by atoms with Gasteiger partial charge in [0.25, 0.3) is 0 Å². The molecule has 0 aliphatic heterocycles. The Kier molecular flexibility index (Phi) is 5.19. The maximum atomic E-state index is 14.3. The van der Waals surface area contributed by atoms with Crippen LogP contribution in [0.3, 0.4) is 0 Å². The number of alkyl halides is 2. The molecule has 0 aliphatic rings. The summed E-state index contributed by atoms with van der Waals surface area (Å²) >= 11 is 1.41. The second-order valence-electron chi connectivity index (χ2n) is 5.63. The minimum absolute atomic E-state index is 0.260. The molecule has 0 spiro atoms. The Morgan fingerprint density at radius 3 is 2.11 bits per heavy atom. The molecule has 0 atom stereocenters. The zero-order valence-electron chi connectivity index (χ0n) is 13.8. The molecule has 8 heteroatoms. The van der Waals surface area contributed by atoms with Crippen LogP contribution in [0, 0.1) is 23.3 Å². The first-order chi connectivity index (χ1) is 12.7. The van der Waals surface area contributed by atoms with E-state index in [0.717, 1.165) is 23.4 Å². The number of aryl methyl sites for hydroxylation is 1. The fourth-order valence-corrected chi connectivity index (χ4v) is 3.37. The summed E-state index contributed by atoms with van der Waals surface area (Å²) in [6.45, 7) is 1.96. The molecule has 3 rings (SSSR count).